The predicted octanol–water partition coefficient (Wildman–Crippen LogP) is 6.19. The number of nitrogens with zero attached hydrogens (tertiary/aromatic N) is 1. The van der Waals surface area contributed by atoms with E-state index in [-0.39, 0.29) is 11.0 Å². The molecule has 0 aromatic heterocycles. The van der Waals surface area contributed by atoms with E-state index in [9.17, 15) is 0 Å². The minimum absolute atomic E-state index is 0.0134. The molecule has 2 N–H and O–H groups in total. The second-order valence-electron chi connectivity index (χ2n) is 10.4. The van der Waals surface area contributed by atoms with Gasteiger partial charge in [0.15, 0.2) is 0 Å². The van der Waals surface area contributed by atoms with E-state index in [0.717, 1.165) is 12.1 Å². The number of hydrogen-bond donors (Lipinski definition) is 1. The van der Waals surface area contributed by atoms with Crippen molar-refractivity contribution < 1.29 is 0 Å². The SMILES string of the molecule is CC1CCCC=C1N1C2C(=CC(C3(C)C=CC=CC3)=C(N)C2C)C2C=CC=CC21C. The van der Waals surface area contributed by atoms with E-state index in [0.29, 0.717) is 23.8 Å². The predicted molar refractivity (Wildman–Crippen MR) is 126 cm³/mol. The van der Waals surface area contributed by atoms with Gasteiger partial charge in [-0.1, -0.05) is 81.5 Å². The van der Waals surface area contributed by atoms with E-state index in [1.807, 2.05) is 0 Å². The first-order valence-electron chi connectivity index (χ1n) is 11.8. The molecule has 0 radical (unpaired) electrons. The Morgan fingerprint density at radius 2 is 1.87 bits per heavy atom. The molecule has 1 fully saturated rings. The first-order chi connectivity index (χ1) is 14.4. The molecule has 1 heterocycles. The maximum atomic E-state index is 6.95. The fourth-order valence-electron chi connectivity index (χ4n) is 6.61. The van der Waals surface area contributed by atoms with Crippen molar-refractivity contribution in [1.82, 2.24) is 4.90 Å². The molecule has 6 atom stereocenters. The van der Waals surface area contributed by atoms with Crippen LogP contribution in [0, 0.1) is 23.2 Å². The van der Waals surface area contributed by atoms with Crippen molar-refractivity contribution in [2.75, 3.05) is 0 Å². The molecule has 158 valence electrons. The number of rotatable bonds is 2. The lowest BCUT2D eigenvalue weighted by atomic mass is 9.68. The summed E-state index contributed by atoms with van der Waals surface area (Å²) < 4.78 is 0. The zero-order valence-corrected chi connectivity index (χ0v) is 18.9. The molecule has 1 aliphatic heterocycles. The standard InChI is InChI=1S/C28H36N2/c1-19-12-6-7-14-24(19)30-26-20(2)25(29)23(27(3)15-9-5-10-16-27)18-21(26)22-13-8-11-17-28(22,30)4/h5,8-11,13-15,17-20,22,26H,6-7,12,16,29H2,1-4H3. The zero-order chi connectivity index (χ0) is 21.1. The number of hydrogen-bond acceptors (Lipinski definition) is 2. The molecule has 5 aliphatic rings. The Kier molecular flexibility index (Phi) is 4.54. The molecule has 0 amide bonds. The van der Waals surface area contributed by atoms with Gasteiger partial charge in [-0.3, -0.25) is 0 Å². The van der Waals surface area contributed by atoms with Gasteiger partial charge in [-0.2, -0.15) is 0 Å². The Morgan fingerprint density at radius 3 is 2.60 bits per heavy atom. The molecule has 2 heteroatoms. The lowest BCUT2D eigenvalue weighted by molar-refractivity contribution is 0.144. The quantitative estimate of drug-likeness (QED) is 0.599. The van der Waals surface area contributed by atoms with Gasteiger partial charge in [-0.05, 0) is 49.7 Å². The van der Waals surface area contributed by atoms with Crippen molar-refractivity contribution in [3.63, 3.8) is 0 Å². The summed E-state index contributed by atoms with van der Waals surface area (Å²) in [4.78, 5) is 2.76. The smallest absolute Gasteiger partial charge is 0.0663 e. The highest BCUT2D eigenvalue weighted by Crippen LogP contribution is 2.56. The molecule has 0 bridgehead atoms. The highest BCUT2D eigenvalue weighted by molar-refractivity contribution is 5.53. The van der Waals surface area contributed by atoms with Crippen LogP contribution < -0.4 is 5.73 Å². The first kappa shape index (κ1) is 19.7. The summed E-state index contributed by atoms with van der Waals surface area (Å²) in [6.07, 6.45) is 28.1. The van der Waals surface area contributed by atoms with Gasteiger partial charge in [0.25, 0.3) is 0 Å². The maximum Gasteiger partial charge on any atom is 0.0663 e. The van der Waals surface area contributed by atoms with Gasteiger partial charge in [0, 0.05) is 28.6 Å². The Bertz CT molecular complexity index is 955. The molecule has 5 rings (SSSR count). The van der Waals surface area contributed by atoms with Crippen molar-refractivity contribution in [1.29, 1.82) is 0 Å². The zero-order valence-electron chi connectivity index (χ0n) is 18.9. The van der Waals surface area contributed by atoms with Crippen LogP contribution in [-0.2, 0) is 0 Å². The Hall–Kier alpha value is -2.22. The van der Waals surface area contributed by atoms with Crippen LogP contribution in [0.15, 0.2) is 83.3 Å². The molecule has 0 aromatic carbocycles. The molecule has 0 saturated carbocycles. The van der Waals surface area contributed by atoms with Crippen molar-refractivity contribution in [2.45, 2.75) is 65.0 Å². The van der Waals surface area contributed by atoms with Gasteiger partial charge in [0.1, 0.15) is 0 Å². The summed E-state index contributed by atoms with van der Waals surface area (Å²) >= 11 is 0. The summed E-state index contributed by atoms with van der Waals surface area (Å²) in [5.74, 6) is 1.31. The van der Waals surface area contributed by atoms with E-state index in [1.165, 1.54) is 30.5 Å². The number of fused-ring (bicyclic) bond motifs is 3. The van der Waals surface area contributed by atoms with Crippen LogP contribution in [0.3, 0.4) is 0 Å². The van der Waals surface area contributed by atoms with Crippen molar-refractivity contribution in [3.05, 3.63) is 83.3 Å². The van der Waals surface area contributed by atoms with Crippen LogP contribution in [0.2, 0.25) is 0 Å². The maximum absolute atomic E-state index is 6.95. The van der Waals surface area contributed by atoms with Crippen LogP contribution in [0.1, 0.15) is 53.4 Å². The van der Waals surface area contributed by atoms with Gasteiger partial charge in [0.05, 0.1) is 11.6 Å². The van der Waals surface area contributed by atoms with E-state index < -0.39 is 0 Å². The lowest BCUT2D eigenvalue weighted by Crippen LogP contribution is -2.50. The highest BCUT2D eigenvalue weighted by atomic mass is 15.3. The summed E-state index contributed by atoms with van der Waals surface area (Å²) in [7, 11) is 0. The third kappa shape index (κ3) is 2.69. The Balaban J connectivity index is 1.66. The van der Waals surface area contributed by atoms with Crippen LogP contribution >= 0.6 is 0 Å². The normalized spacial score (nSPS) is 42.2. The summed E-state index contributed by atoms with van der Waals surface area (Å²) in [5.41, 5.74) is 12.4. The van der Waals surface area contributed by atoms with E-state index in [2.05, 4.69) is 93.4 Å². The second-order valence-corrected chi connectivity index (χ2v) is 10.4. The number of nitrogens with two attached hydrogens (primary N) is 1. The van der Waals surface area contributed by atoms with E-state index in [4.69, 9.17) is 5.73 Å². The minimum Gasteiger partial charge on any atom is -0.401 e. The highest BCUT2D eigenvalue weighted by Gasteiger charge is 2.56. The first-order valence-corrected chi connectivity index (χ1v) is 11.8. The number of likely N-dealkylation sites (tertiary alicyclic amines) is 1. The fraction of sp³-hybridized carbons (Fsp3) is 0.500. The van der Waals surface area contributed by atoms with Crippen LogP contribution in [-0.4, -0.2) is 16.5 Å². The van der Waals surface area contributed by atoms with Crippen LogP contribution in [0.25, 0.3) is 0 Å². The van der Waals surface area contributed by atoms with Gasteiger partial charge in [-0.25, -0.2) is 0 Å². The summed E-state index contributed by atoms with van der Waals surface area (Å²) in [5, 5.41) is 0. The van der Waals surface area contributed by atoms with Gasteiger partial charge < -0.3 is 10.6 Å². The second kappa shape index (κ2) is 6.90. The van der Waals surface area contributed by atoms with Crippen molar-refractivity contribution >= 4 is 0 Å². The van der Waals surface area contributed by atoms with E-state index >= 15 is 0 Å². The molecule has 6 unspecified atom stereocenters. The summed E-state index contributed by atoms with van der Waals surface area (Å²) in [6, 6.07) is 0.342. The molecule has 4 aliphatic carbocycles. The minimum atomic E-state index is -0.0180. The van der Waals surface area contributed by atoms with Gasteiger partial charge in [-0.15, -0.1) is 0 Å². The Labute approximate surface area is 182 Å². The van der Waals surface area contributed by atoms with Gasteiger partial charge in [0.2, 0.25) is 0 Å². The lowest BCUT2D eigenvalue weighted by Gasteiger charge is -2.47. The fourth-order valence-corrected chi connectivity index (χ4v) is 6.61. The molecule has 30 heavy (non-hydrogen) atoms. The van der Waals surface area contributed by atoms with E-state index in [1.54, 1.807) is 5.57 Å². The monoisotopic (exact) mass is 400 g/mol. The van der Waals surface area contributed by atoms with Gasteiger partial charge >= 0.3 is 0 Å². The summed E-state index contributed by atoms with van der Waals surface area (Å²) in [6.45, 7) is 9.54. The molecule has 2 nitrogen and oxygen atoms in total. The Morgan fingerprint density at radius 1 is 1.07 bits per heavy atom. The third-order valence-electron chi connectivity index (χ3n) is 8.41. The van der Waals surface area contributed by atoms with Crippen molar-refractivity contribution in [3.8, 4) is 0 Å². The molecular weight excluding hydrogens is 364 g/mol. The average molecular weight is 401 g/mol. The topological polar surface area (TPSA) is 29.3 Å². The molecular formula is C28H36N2. The largest absolute Gasteiger partial charge is 0.401 e. The molecule has 0 spiro atoms. The average Bonchev–Trinajstić information content (AvgIpc) is 3.00. The third-order valence-corrected chi connectivity index (χ3v) is 8.41. The van der Waals surface area contributed by atoms with Crippen LogP contribution in [0.5, 0.6) is 0 Å². The molecule has 1 saturated heterocycles. The van der Waals surface area contributed by atoms with Crippen LogP contribution in [0.4, 0.5) is 0 Å². The van der Waals surface area contributed by atoms with Crippen molar-refractivity contribution in [2.24, 2.45) is 28.9 Å². The molecule has 0 aromatic rings. The number of allylic oxidation sites excluding steroid dienone is 10.